The van der Waals surface area contributed by atoms with Crippen LogP contribution in [0.25, 0.3) is 0 Å². The topological polar surface area (TPSA) is 83.4 Å². The van der Waals surface area contributed by atoms with Crippen molar-refractivity contribution in [3.05, 3.63) is 35.5 Å². The minimum atomic E-state index is 0.104. The van der Waals surface area contributed by atoms with E-state index in [1.165, 1.54) is 0 Å². The molecule has 1 heterocycles. The molecule has 6 heteroatoms. The average molecular weight is 277 g/mol. The lowest BCUT2D eigenvalue weighted by Crippen LogP contribution is -2.17. The van der Waals surface area contributed by atoms with Gasteiger partial charge in [-0.3, -0.25) is 0 Å². The van der Waals surface area contributed by atoms with Crippen molar-refractivity contribution in [2.45, 2.75) is 32.9 Å². The summed E-state index contributed by atoms with van der Waals surface area (Å²) >= 11 is 0. The number of rotatable bonds is 6. The third-order valence-electron chi connectivity index (χ3n) is 2.71. The van der Waals surface area contributed by atoms with E-state index in [9.17, 15) is 0 Å². The van der Waals surface area contributed by atoms with Crippen molar-refractivity contribution in [2.24, 2.45) is 5.73 Å². The summed E-state index contributed by atoms with van der Waals surface area (Å²) in [7, 11) is 1.61. The molecule has 2 N–H and O–H groups in total. The van der Waals surface area contributed by atoms with Crippen molar-refractivity contribution in [1.82, 2.24) is 10.1 Å². The zero-order valence-corrected chi connectivity index (χ0v) is 11.9. The quantitative estimate of drug-likeness (QED) is 0.867. The van der Waals surface area contributed by atoms with Crippen LogP contribution in [0.2, 0.25) is 0 Å². The number of hydrogen-bond acceptors (Lipinski definition) is 6. The highest BCUT2D eigenvalue weighted by Gasteiger charge is 2.09. The lowest BCUT2D eigenvalue weighted by molar-refractivity contribution is 0.233. The SMILES string of the molecule is COc1cc(CC(C)N)ccc1OCc1nc(C)no1. The fourth-order valence-electron chi connectivity index (χ4n) is 1.87. The molecule has 0 amide bonds. The van der Waals surface area contributed by atoms with Gasteiger partial charge in [-0.15, -0.1) is 0 Å². The van der Waals surface area contributed by atoms with Crippen LogP contribution in [0.5, 0.6) is 11.5 Å². The van der Waals surface area contributed by atoms with Crippen molar-refractivity contribution >= 4 is 0 Å². The van der Waals surface area contributed by atoms with Gasteiger partial charge in [-0.05, 0) is 38.0 Å². The predicted molar refractivity (Wildman–Crippen MR) is 73.7 cm³/mol. The third-order valence-corrected chi connectivity index (χ3v) is 2.71. The fraction of sp³-hybridized carbons (Fsp3) is 0.429. The monoisotopic (exact) mass is 277 g/mol. The van der Waals surface area contributed by atoms with E-state index in [2.05, 4.69) is 10.1 Å². The first-order valence-corrected chi connectivity index (χ1v) is 6.43. The van der Waals surface area contributed by atoms with Gasteiger partial charge in [-0.2, -0.15) is 4.98 Å². The number of aryl methyl sites for hydroxylation is 1. The third kappa shape index (κ3) is 3.71. The van der Waals surface area contributed by atoms with Gasteiger partial charge in [0, 0.05) is 6.04 Å². The van der Waals surface area contributed by atoms with Gasteiger partial charge in [0.2, 0.25) is 0 Å². The van der Waals surface area contributed by atoms with Gasteiger partial charge in [0.25, 0.3) is 5.89 Å². The maximum Gasteiger partial charge on any atom is 0.264 e. The number of aromatic nitrogens is 2. The lowest BCUT2D eigenvalue weighted by Gasteiger charge is -2.12. The van der Waals surface area contributed by atoms with Gasteiger partial charge in [0.1, 0.15) is 0 Å². The Bertz CT molecular complexity index is 567. The summed E-state index contributed by atoms with van der Waals surface area (Å²) in [5.74, 6) is 2.32. The van der Waals surface area contributed by atoms with Crippen LogP contribution < -0.4 is 15.2 Å². The molecule has 0 saturated heterocycles. The molecule has 1 atom stereocenters. The average Bonchev–Trinajstić information content (AvgIpc) is 2.82. The largest absolute Gasteiger partial charge is 0.493 e. The summed E-state index contributed by atoms with van der Waals surface area (Å²) in [6.45, 7) is 3.94. The Morgan fingerprint density at radius 2 is 2.15 bits per heavy atom. The van der Waals surface area contributed by atoms with Gasteiger partial charge in [0.15, 0.2) is 23.9 Å². The summed E-state index contributed by atoms with van der Waals surface area (Å²) in [6.07, 6.45) is 0.791. The molecule has 108 valence electrons. The van der Waals surface area contributed by atoms with E-state index in [-0.39, 0.29) is 12.6 Å². The highest BCUT2D eigenvalue weighted by Crippen LogP contribution is 2.29. The molecule has 0 aliphatic carbocycles. The number of hydrogen-bond donors (Lipinski definition) is 1. The van der Waals surface area contributed by atoms with Gasteiger partial charge in [-0.1, -0.05) is 11.2 Å². The van der Waals surface area contributed by atoms with E-state index in [1.54, 1.807) is 14.0 Å². The minimum Gasteiger partial charge on any atom is -0.493 e. The van der Waals surface area contributed by atoms with Crippen LogP contribution in [0.4, 0.5) is 0 Å². The molecule has 1 unspecified atom stereocenters. The minimum absolute atomic E-state index is 0.104. The summed E-state index contributed by atoms with van der Waals surface area (Å²) in [5, 5.41) is 3.71. The zero-order chi connectivity index (χ0) is 14.5. The maximum absolute atomic E-state index is 5.79. The van der Waals surface area contributed by atoms with Crippen LogP contribution in [-0.4, -0.2) is 23.3 Å². The lowest BCUT2D eigenvalue weighted by atomic mass is 10.1. The normalized spacial score (nSPS) is 12.2. The van der Waals surface area contributed by atoms with Crippen molar-refractivity contribution in [1.29, 1.82) is 0 Å². The Morgan fingerprint density at radius 3 is 2.75 bits per heavy atom. The van der Waals surface area contributed by atoms with Crippen LogP contribution in [0.3, 0.4) is 0 Å². The summed E-state index contributed by atoms with van der Waals surface area (Å²) in [5.41, 5.74) is 6.90. The van der Waals surface area contributed by atoms with Crippen LogP contribution >= 0.6 is 0 Å². The fourth-order valence-corrected chi connectivity index (χ4v) is 1.87. The van der Waals surface area contributed by atoms with E-state index >= 15 is 0 Å². The first-order valence-electron chi connectivity index (χ1n) is 6.43. The van der Waals surface area contributed by atoms with E-state index < -0.39 is 0 Å². The van der Waals surface area contributed by atoms with Crippen molar-refractivity contribution in [3.63, 3.8) is 0 Å². The Hall–Kier alpha value is -2.08. The molecule has 0 aliphatic heterocycles. The molecule has 0 radical (unpaired) electrons. The van der Waals surface area contributed by atoms with Gasteiger partial charge >= 0.3 is 0 Å². The second kappa shape index (κ2) is 6.38. The number of nitrogens with zero attached hydrogens (tertiary/aromatic N) is 2. The van der Waals surface area contributed by atoms with Crippen molar-refractivity contribution < 1.29 is 14.0 Å². The Labute approximate surface area is 117 Å². The van der Waals surface area contributed by atoms with E-state index in [1.807, 2.05) is 25.1 Å². The Balaban J connectivity index is 2.07. The van der Waals surface area contributed by atoms with E-state index in [0.717, 1.165) is 12.0 Å². The molecule has 0 aliphatic rings. The van der Waals surface area contributed by atoms with Crippen LogP contribution in [-0.2, 0) is 13.0 Å². The number of methoxy groups -OCH3 is 1. The van der Waals surface area contributed by atoms with E-state index in [4.69, 9.17) is 19.7 Å². The Kier molecular flexibility index (Phi) is 4.57. The van der Waals surface area contributed by atoms with Crippen molar-refractivity contribution in [2.75, 3.05) is 7.11 Å². The molecule has 20 heavy (non-hydrogen) atoms. The van der Waals surface area contributed by atoms with Crippen LogP contribution in [0, 0.1) is 6.92 Å². The molecule has 1 aromatic heterocycles. The highest BCUT2D eigenvalue weighted by molar-refractivity contribution is 5.43. The second-order valence-corrected chi connectivity index (χ2v) is 4.69. The first kappa shape index (κ1) is 14.3. The Morgan fingerprint density at radius 1 is 1.35 bits per heavy atom. The van der Waals surface area contributed by atoms with Gasteiger partial charge in [-0.25, -0.2) is 0 Å². The second-order valence-electron chi connectivity index (χ2n) is 4.69. The molecule has 0 spiro atoms. The molecule has 0 saturated carbocycles. The molecular weight excluding hydrogens is 258 g/mol. The standard InChI is InChI=1S/C14H19N3O3/c1-9(15)6-11-4-5-12(13(7-11)18-3)19-8-14-16-10(2)17-20-14/h4-5,7,9H,6,8,15H2,1-3H3. The number of nitrogens with two attached hydrogens (primary N) is 1. The molecule has 0 bridgehead atoms. The smallest absolute Gasteiger partial charge is 0.264 e. The zero-order valence-electron chi connectivity index (χ0n) is 11.9. The first-order chi connectivity index (χ1) is 9.58. The van der Waals surface area contributed by atoms with Crippen LogP contribution in [0.1, 0.15) is 24.2 Å². The summed E-state index contributed by atoms with van der Waals surface area (Å²) in [4.78, 5) is 4.08. The van der Waals surface area contributed by atoms with Gasteiger partial charge in [0.05, 0.1) is 7.11 Å². The predicted octanol–water partition coefficient (Wildman–Crippen LogP) is 1.86. The summed E-state index contributed by atoms with van der Waals surface area (Å²) in [6, 6.07) is 5.87. The van der Waals surface area contributed by atoms with Crippen molar-refractivity contribution in [3.8, 4) is 11.5 Å². The number of ether oxygens (including phenoxy) is 2. The molecule has 0 fully saturated rings. The maximum atomic E-state index is 5.79. The van der Waals surface area contributed by atoms with Crippen LogP contribution in [0.15, 0.2) is 22.7 Å². The van der Waals surface area contributed by atoms with E-state index in [0.29, 0.717) is 23.2 Å². The number of benzene rings is 1. The summed E-state index contributed by atoms with van der Waals surface area (Å²) < 4.78 is 16.0. The molecule has 2 rings (SSSR count). The molecule has 6 nitrogen and oxygen atoms in total. The molecular formula is C14H19N3O3. The highest BCUT2D eigenvalue weighted by atomic mass is 16.5. The molecule has 2 aromatic rings. The van der Waals surface area contributed by atoms with Gasteiger partial charge < -0.3 is 19.7 Å². The molecule has 1 aromatic carbocycles.